The topological polar surface area (TPSA) is 106 Å². The van der Waals surface area contributed by atoms with Crippen LogP contribution >= 0.6 is 12.2 Å². The summed E-state index contributed by atoms with van der Waals surface area (Å²) in [5.74, 6) is -0.119. The Morgan fingerprint density at radius 1 is 1.00 bits per heavy atom. The lowest BCUT2D eigenvalue weighted by Gasteiger charge is -2.28. The van der Waals surface area contributed by atoms with Crippen LogP contribution in [0.15, 0.2) is 78.4 Å². The number of benzene rings is 3. The molecule has 0 radical (unpaired) electrons. The van der Waals surface area contributed by atoms with E-state index in [0.29, 0.717) is 40.8 Å². The number of carbonyl (C=O) groups is 3. The molecule has 1 heterocycles. The van der Waals surface area contributed by atoms with Crippen LogP contribution in [0.4, 0.5) is 11.4 Å². The van der Waals surface area contributed by atoms with E-state index in [0.717, 1.165) is 0 Å². The van der Waals surface area contributed by atoms with Crippen molar-refractivity contribution in [2.75, 3.05) is 30.5 Å². The molecule has 38 heavy (non-hydrogen) atoms. The molecule has 0 aromatic heterocycles. The zero-order valence-corrected chi connectivity index (χ0v) is 21.5. The van der Waals surface area contributed by atoms with Crippen molar-refractivity contribution in [3.8, 4) is 17.2 Å². The first-order valence-corrected chi connectivity index (χ1v) is 12.1. The molecule has 1 saturated heterocycles. The molecular weight excluding hydrogens is 506 g/mol. The van der Waals surface area contributed by atoms with Gasteiger partial charge in [0.1, 0.15) is 11.3 Å². The SMILES string of the molecule is CCOc1cc(/C=C2/C(=O)NC(=S)N(c3ccccc3)C2=O)ccc1OCC(=O)Nc1ccc(OC)cc1. The number of ether oxygens (including phenoxy) is 3. The zero-order valence-electron chi connectivity index (χ0n) is 20.7. The average Bonchev–Trinajstić information content (AvgIpc) is 2.91. The van der Waals surface area contributed by atoms with Gasteiger partial charge in [-0.1, -0.05) is 24.3 Å². The number of hydrogen-bond acceptors (Lipinski definition) is 7. The lowest BCUT2D eigenvalue weighted by atomic mass is 10.1. The number of nitrogens with zero attached hydrogens (tertiary/aromatic N) is 1. The van der Waals surface area contributed by atoms with Crippen LogP contribution < -0.4 is 29.7 Å². The number of nitrogens with one attached hydrogen (secondary N) is 2. The van der Waals surface area contributed by atoms with Crippen LogP contribution in [0, 0.1) is 0 Å². The van der Waals surface area contributed by atoms with Gasteiger partial charge < -0.3 is 19.5 Å². The summed E-state index contributed by atoms with van der Waals surface area (Å²) in [5, 5.41) is 5.31. The van der Waals surface area contributed by atoms with Gasteiger partial charge in [-0.15, -0.1) is 0 Å². The minimum atomic E-state index is -0.597. The first-order chi connectivity index (χ1) is 18.4. The highest BCUT2D eigenvalue weighted by Gasteiger charge is 2.34. The normalized spacial score (nSPS) is 14.2. The minimum absolute atomic E-state index is 0.00928. The number of hydrogen-bond donors (Lipinski definition) is 2. The Morgan fingerprint density at radius 2 is 1.74 bits per heavy atom. The zero-order chi connectivity index (χ0) is 27.1. The Hall–Kier alpha value is -4.70. The fourth-order valence-corrected chi connectivity index (χ4v) is 3.93. The lowest BCUT2D eigenvalue weighted by Crippen LogP contribution is -2.54. The Labute approximate surface area is 225 Å². The predicted octanol–water partition coefficient (Wildman–Crippen LogP) is 3.94. The Morgan fingerprint density at radius 3 is 2.42 bits per heavy atom. The second-order valence-electron chi connectivity index (χ2n) is 8.00. The molecule has 10 heteroatoms. The molecule has 0 unspecified atom stereocenters. The van der Waals surface area contributed by atoms with Crippen molar-refractivity contribution >= 4 is 52.5 Å². The summed E-state index contributed by atoms with van der Waals surface area (Å²) in [7, 11) is 1.57. The highest BCUT2D eigenvalue weighted by atomic mass is 32.1. The van der Waals surface area contributed by atoms with Gasteiger partial charge in [-0.3, -0.25) is 24.6 Å². The van der Waals surface area contributed by atoms with Crippen molar-refractivity contribution in [3.63, 3.8) is 0 Å². The second kappa shape index (κ2) is 12.0. The lowest BCUT2D eigenvalue weighted by molar-refractivity contribution is -0.122. The number of thiocarbonyl (C=S) groups is 1. The van der Waals surface area contributed by atoms with E-state index in [4.69, 9.17) is 26.4 Å². The first kappa shape index (κ1) is 26.4. The summed E-state index contributed by atoms with van der Waals surface area (Å²) in [5.41, 5.74) is 1.59. The van der Waals surface area contributed by atoms with Crippen LogP contribution in [0.3, 0.4) is 0 Å². The van der Waals surface area contributed by atoms with E-state index in [9.17, 15) is 14.4 Å². The average molecular weight is 532 g/mol. The smallest absolute Gasteiger partial charge is 0.270 e. The van der Waals surface area contributed by atoms with Gasteiger partial charge in [-0.25, -0.2) is 0 Å². The number of anilines is 2. The molecule has 4 rings (SSSR count). The number of amides is 3. The fraction of sp³-hybridized carbons (Fsp3) is 0.143. The van der Waals surface area contributed by atoms with E-state index >= 15 is 0 Å². The van der Waals surface area contributed by atoms with E-state index in [1.165, 1.54) is 11.0 Å². The van der Waals surface area contributed by atoms with Gasteiger partial charge in [0.25, 0.3) is 17.7 Å². The molecule has 0 bridgehead atoms. The molecule has 194 valence electrons. The van der Waals surface area contributed by atoms with Crippen LogP contribution in [0.2, 0.25) is 0 Å². The number of carbonyl (C=O) groups excluding carboxylic acids is 3. The molecule has 1 aliphatic heterocycles. The molecule has 0 atom stereocenters. The van der Waals surface area contributed by atoms with Crippen molar-refractivity contribution < 1.29 is 28.6 Å². The van der Waals surface area contributed by atoms with Crippen molar-refractivity contribution in [3.05, 3.63) is 83.9 Å². The largest absolute Gasteiger partial charge is 0.497 e. The van der Waals surface area contributed by atoms with Crippen molar-refractivity contribution in [1.29, 1.82) is 0 Å². The summed E-state index contributed by atoms with van der Waals surface area (Å²) < 4.78 is 16.5. The molecule has 0 saturated carbocycles. The molecular formula is C28H25N3O6S. The summed E-state index contributed by atoms with van der Waals surface area (Å²) in [6, 6.07) is 20.6. The van der Waals surface area contributed by atoms with Crippen molar-refractivity contribution in [2.24, 2.45) is 0 Å². The maximum atomic E-state index is 13.2. The van der Waals surface area contributed by atoms with Crippen LogP contribution in [0.25, 0.3) is 6.08 Å². The third-order valence-corrected chi connectivity index (χ3v) is 5.71. The number of methoxy groups -OCH3 is 1. The van der Waals surface area contributed by atoms with Gasteiger partial charge >= 0.3 is 0 Å². The van der Waals surface area contributed by atoms with E-state index in [1.54, 1.807) is 73.8 Å². The summed E-state index contributed by atoms with van der Waals surface area (Å²) in [6.07, 6.45) is 1.46. The highest BCUT2D eigenvalue weighted by molar-refractivity contribution is 7.80. The molecule has 9 nitrogen and oxygen atoms in total. The summed E-state index contributed by atoms with van der Waals surface area (Å²) in [4.78, 5) is 39.4. The molecule has 1 aliphatic rings. The standard InChI is InChI=1S/C28H25N3O6S/c1-3-36-24-16-18(9-14-23(24)37-17-25(32)29-19-10-12-21(35-2)13-11-19)15-22-26(33)30-28(38)31(27(22)34)20-7-5-4-6-8-20/h4-16H,3,17H2,1-2H3,(H,29,32)(H,30,33,38)/b22-15-. The number of rotatable bonds is 9. The number of para-hydroxylation sites is 1. The quantitative estimate of drug-likeness (QED) is 0.245. The molecule has 0 aliphatic carbocycles. The van der Waals surface area contributed by atoms with Gasteiger partial charge in [-0.05, 0) is 79.3 Å². The van der Waals surface area contributed by atoms with Crippen LogP contribution in [-0.2, 0) is 14.4 Å². The van der Waals surface area contributed by atoms with E-state index in [2.05, 4.69) is 10.6 Å². The monoisotopic (exact) mass is 531 g/mol. The molecule has 1 fully saturated rings. The van der Waals surface area contributed by atoms with E-state index < -0.39 is 11.8 Å². The van der Waals surface area contributed by atoms with Gasteiger partial charge in [-0.2, -0.15) is 0 Å². The van der Waals surface area contributed by atoms with Crippen LogP contribution in [0.5, 0.6) is 17.2 Å². The molecule has 3 aromatic rings. The van der Waals surface area contributed by atoms with Gasteiger partial charge in [0.05, 0.1) is 19.4 Å². The third kappa shape index (κ3) is 6.16. The van der Waals surface area contributed by atoms with Crippen molar-refractivity contribution in [1.82, 2.24) is 5.32 Å². The third-order valence-electron chi connectivity index (χ3n) is 5.43. The van der Waals surface area contributed by atoms with Gasteiger partial charge in [0.2, 0.25) is 0 Å². The maximum Gasteiger partial charge on any atom is 0.270 e. The Balaban J connectivity index is 1.50. The summed E-state index contributed by atoms with van der Waals surface area (Å²) >= 11 is 5.23. The van der Waals surface area contributed by atoms with Crippen LogP contribution in [-0.4, -0.2) is 43.2 Å². The van der Waals surface area contributed by atoms with Gasteiger partial charge in [0.15, 0.2) is 23.2 Å². The summed E-state index contributed by atoms with van der Waals surface area (Å²) in [6.45, 7) is 1.89. The second-order valence-corrected chi connectivity index (χ2v) is 8.38. The van der Waals surface area contributed by atoms with Crippen molar-refractivity contribution in [2.45, 2.75) is 6.92 Å². The predicted molar refractivity (Wildman–Crippen MR) is 147 cm³/mol. The molecule has 3 amide bonds. The van der Waals surface area contributed by atoms with Crippen LogP contribution in [0.1, 0.15) is 12.5 Å². The van der Waals surface area contributed by atoms with Gasteiger partial charge in [0, 0.05) is 5.69 Å². The Bertz CT molecular complexity index is 1390. The van der Waals surface area contributed by atoms with E-state index in [-0.39, 0.29) is 23.2 Å². The molecule has 3 aromatic carbocycles. The fourth-order valence-electron chi connectivity index (χ4n) is 3.65. The minimum Gasteiger partial charge on any atom is -0.497 e. The first-order valence-electron chi connectivity index (χ1n) is 11.7. The maximum absolute atomic E-state index is 13.2. The van der Waals surface area contributed by atoms with E-state index in [1.807, 2.05) is 13.0 Å². The molecule has 0 spiro atoms. The molecule has 2 N–H and O–H groups in total. The Kier molecular flexibility index (Phi) is 8.34. The highest BCUT2D eigenvalue weighted by Crippen LogP contribution is 2.30.